The van der Waals surface area contributed by atoms with Crippen LogP contribution in [0.3, 0.4) is 0 Å². The van der Waals surface area contributed by atoms with Crippen LogP contribution in [0, 0.1) is 6.92 Å². The molecule has 0 aliphatic carbocycles. The minimum Gasteiger partial charge on any atom is -0.389 e. The fourth-order valence-electron chi connectivity index (χ4n) is 2.29. The SMILES string of the molecule is CCN(c1cccc(C)c1)c1ccc([C@@H](C)O)cc1Cl. The van der Waals surface area contributed by atoms with E-state index in [4.69, 9.17) is 11.6 Å². The summed E-state index contributed by atoms with van der Waals surface area (Å²) in [4.78, 5) is 2.17. The normalized spacial score (nSPS) is 12.2. The molecular weight excluding hydrogens is 270 g/mol. The summed E-state index contributed by atoms with van der Waals surface area (Å²) in [6, 6.07) is 14.1. The van der Waals surface area contributed by atoms with Crippen molar-refractivity contribution in [2.75, 3.05) is 11.4 Å². The molecule has 2 nitrogen and oxygen atoms in total. The fourth-order valence-corrected chi connectivity index (χ4v) is 2.58. The predicted molar refractivity (Wildman–Crippen MR) is 85.9 cm³/mol. The summed E-state index contributed by atoms with van der Waals surface area (Å²) in [5.41, 5.74) is 4.14. The van der Waals surface area contributed by atoms with Crippen LogP contribution in [0.5, 0.6) is 0 Å². The minimum absolute atomic E-state index is 0.504. The van der Waals surface area contributed by atoms with Crippen molar-refractivity contribution in [2.24, 2.45) is 0 Å². The number of nitrogens with zero attached hydrogens (tertiary/aromatic N) is 1. The molecule has 0 spiro atoms. The number of halogens is 1. The summed E-state index contributed by atoms with van der Waals surface area (Å²) >= 11 is 6.38. The van der Waals surface area contributed by atoms with E-state index in [9.17, 15) is 5.11 Å². The van der Waals surface area contributed by atoms with E-state index in [2.05, 4.69) is 36.9 Å². The first-order chi connectivity index (χ1) is 9.52. The van der Waals surface area contributed by atoms with Crippen molar-refractivity contribution in [1.82, 2.24) is 0 Å². The maximum atomic E-state index is 9.62. The third kappa shape index (κ3) is 3.14. The molecule has 0 heterocycles. The number of rotatable bonds is 4. The molecule has 2 aromatic carbocycles. The van der Waals surface area contributed by atoms with Crippen molar-refractivity contribution in [2.45, 2.75) is 26.9 Å². The topological polar surface area (TPSA) is 23.5 Å². The number of hydrogen-bond acceptors (Lipinski definition) is 2. The highest BCUT2D eigenvalue weighted by Gasteiger charge is 2.12. The molecule has 0 amide bonds. The van der Waals surface area contributed by atoms with Gasteiger partial charge in [-0.3, -0.25) is 0 Å². The lowest BCUT2D eigenvalue weighted by atomic mass is 10.1. The Morgan fingerprint density at radius 1 is 1.20 bits per heavy atom. The molecule has 1 N–H and O–H groups in total. The smallest absolute Gasteiger partial charge is 0.0762 e. The Bertz CT molecular complexity index is 595. The zero-order valence-corrected chi connectivity index (χ0v) is 12.9. The van der Waals surface area contributed by atoms with Gasteiger partial charge in [0, 0.05) is 12.2 Å². The molecule has 0 unspecified atom stereocenters. The van der Waals surface area contributed by atoms with Crippen LogP contribution in [0.15, 0.2) is 42.5 Å². The molecule has 106 valence electrons. The second-order valence-electron chi connectivity index (χ2n) is 4.97. The van der Waals surface area contributed by atoms with E-state index in [0.717, 1.165) is 23.5 Å². The van der Waals surface area contributed by atoms with Crippen molar-refractivity contribution in [3.8, 4) is 0 Å². The van der Waals surface area contributed by atoms with Crippen molar-refractivity contribution in [3.05, 3.63) is 58.6 Å². The Hall–Kier alpha value is -1.51. The number of benzene rings is 2. The zero-order valence-electron chi connectivity index (χ0n) is 12.1. The summed E-state index contributed by atoms with van der Waals surface area (Å²) in [6.45, 7) is 6.75. The third-order valence-corrected chi connectivity index (χ3v) is 3.68. The summed E-state index contributed by atoms with van der Waals surface area (Å²) < 4.78 is 0. The van der Waals surface area contributed by atoms with E-state index in [1.54, 1.807) is 6.92 Å². The maximum absolute atomic E-state index is 9.62. The number of anilines is 2. The highest BCUT2D eigenvalue weighted by atomic mass is 35.5. The van der Waals surface area contributed by atoms with E-state index in [-0.39, 0.29) is 0 Å². The van der Waals surface area contributed by atoms with Gasteiger partial charge in [0.2, 0.25) is 0 Å². The Kier molecular flexibility index (Phi) is 4.69. The standard InChI is InChI=1S/C17H20ClNO/c1-4-19(15-7-5-6-12(2)10-15)17-9-8-14(13(3)20)11-16(17)18/h5-11,13,20H,4H2,1-3H3/t13-/m1/s1. The molecule has 0 fully saturated rings. The quantitative estimate of drug-likeness (QED) is 0.869. The van der Waals surface area contributed by atoms with Crippen LogP contribution in [0.4, 0.5) is 11.4 Å². The lowest BCUT2D eigenvalue weighted by Gasteiger charge is -2.25. The van der Waals surface area contributed by atoms with Gasteiger partial charge in [0.25, 0.3) is 0 Å². The fraction of sp³-hybridized carbons (Fsp3) is 0.294. The van der Waals surface area contributed by atoms with Crippen molar-refractivity contribution in [1.29, 1.82) is 0 Å². The number of aliphatic hydroxyl groups is 1. The number of aliphatic hydroxyl groups excluding tert-OH is 1. The van der Waals surface area contributed by atoms with Crippen LogP contribution >= 0.6 is 11.6 Å². The van der Waals surface area contributed by atoms with Crippen molar-refractivity contribution in [3.63, 3.8) is 0 Å². The van der Waals surface area contributed by atoms with Crippen LogP contribution in [-0.4, -0.2) is 11.7 Å². The molecule has 0 radical (unpaired) electrons. The van der Waals surface area contributed by atoms with Crippen LogP contribution in [-0.2, 0) is 0 Å². The Balaban J connectivity index is 2.42. The molecular formula is C17H20ClNO. The molecule has 2 aromatic rings. The highest BCUT2D eigenvalue weighted by Crippen LogP contribution is 2.33. The second kappa shape index (κ2) is 6.29. The van der Waals surface area contributed by atoms with Gasteiger partial charge >= 0.3 is 0 Å². The molecule has 0 aliphatic rings. The first kappa shape index (κ1) is 14.9. The van der Waals surface area contributed by atoms with E-state index < -0.39 is 6.10 Å². The average molecular weight is 290 g/mol. The van der Waals surface area contributed by atoms with Crippen LogP contribution in [0.2, 0.25) is 5.02 Å². The lowest BCUT2D eigenvalue weighted by Crippen LogP contribution is -2.16. The van der Waals surface area contributed by atoms with Gasteiger partial charge in [0.05, 0.1) is 16.8 Å². The first-order valence-electron chi connectivity index (χ1n) is 6.84. The highest BCUT2D eigenvalue weighted by molar-refractivity contribution is 6.33. The molecule has 0 bridgehead atoms. The third-order valence-electron chi connectivity index (χ3n) is 3.37. The molecule has 0 saturated carbocycles. The molecule has 2 rings (SSSR count). The predicted octanol–water partition coefficient (Wildman–Crippen LogP) is 4.86. The summed E-state index contributed by atoms with van der Waals surface area (Å²) in [5.74, 6) is 0. The van der Waals surface area contributed by atoms with Gasteiger partial charge in [-0.2, -0.15) is 0 Å². The number of hydrogen-bond donors (Lipinski definition) is 1. The van der Waals surface area contributed by atoms with Gasteiger partial charge in [0.15, 0.2) is 0 Å². The van der Waals surface area contributed by atoms with Gasteiger partial charge in [-0.25, -0.2) is 0 Å². The molecule has 20 heavy (non-hydrogen) atoms. The van der Waals surface area contributed by atoms with Gasteiger partial charge < -0.3 is 10.0 Å². The summed E-state index contributed by atoms with van der Waals surface area (Å²) in [5, 5.41) is 10.3. The summed E-state index contributed by atoms with van der Waals surface area (Å²) in [7, 11) is 0. The molecule has 0 aromatic heterocycles. The molecule has 0 aliphatic heterocycles. The average Bonchev–Trinajstić information content (AvgIpc) is 2.41. The van der Waals surface area contributed by atoms with E-state index >= 15 is 0 Å². The molecule has 1 atom stereocenters. The first-order valence-corrected chi connectivity index (χ1v) is 7.22. The van der Waals surface area contributed by atoms with Crippen LogP contribution < -0.4 is 4.90 Å². The van der Waals surface area contributed by atoms with Gasteiger partial charge in [-0.15, -0.1) is 0 Å². The zero-order chi connectivity index (χ0) is 14.7. The Labute approximate surface area is 125 Å². The van der Waals surface area contributed by atoms with Crippen LogP contribution in [0.1, 0.15) is 31.1 Å². The van der Waals surface area contributed by atoms with Crippen LogP contribution in [0.25, 0.3) is 0 Å². The Morgan fingerprint density at radius 2 is 1.95 bits per heavy atom. The monoisotopic (exact) mass is 289 g/mol. The molecule has 0 saturated heterocycles. The van der Waals surface area contributed by atoms with Crippen molar-refractivity contribution >= 4 is 23.0 Å². The largest absolute Gasteiger partial charge is 0.389 e. The maximum Gasteiger partial charge on any atom is 0.0762 e. The molecule has 3 heteroatoms. The minimum atomic E-state index is -0.504. The second-order valence-corrected chi connectivity index (χ2v) is 5.38. The van der Waals surface area contributed by atoms with E-state index in [1.165, 1.54) is 5.56 Å². The van der Waals surface area contributed by atoms with E-state index in [0.29, 0.717) is 5.02 Å². The summed E-state index contributed by atoms with van der Waals surface area (Å²) in [6.07, 6.45) is -0.504. The van der Waals surface area contributed by atoms with Gasteiger partial charge in [-0.1, -0.05) is 29.8 Å². The van der Waals surface area contributed by atoms with Gasteiger partial charge in [0.1, 0.15) is 0 Å². The Morgan fingerprint density at radius 3 is 2.50 bits per heavy atom. The van der Waals surface area contributed by atoms with E-state index in [1.807, 2.05) is 24.3 Å². The lowest BCUT2D eigenvalue weighted by molar-refractivity contribution is 0.199. The number of aryl methyl sites for hydroxylation is 1. The van der Waals surface area contributed by atoms with Gasteiger partial charge in [-0.05, 0) is 56.2 Å². The van der Waals surface area contributed by atoms with Crippen molar-refractivity contribution < 1.29 is 5.11 Å².